The largest absolute Gasteiger partial charge is 0.497 e. The van der Waals surface area contributed by atoms with Crippen LogP contribution >= 0.6 is 0 Å². The van der Waals surface area contributed by atoms with E-state index in [0.29, 0.717) is 60.1 Å². The third-order valence-electron chi connectivity index (χ3n) is 4.83. The molecule has 0 aliphatic carbocycles. The Hall–Kier alpha value is -3.13. The van der Waals surface area contributed by atoms with Gasteiger partial charge < -0.3 is 9.72 Å². The fourth-order valence-electron chi connectivity index (χ4n) is 3.29. The summed E-state index contributed by atoms with van der Waals surface area (Å²) in [6.45, 7) is 3.41. The first-order valence-corrected chi connectivity index (χ1v) is 8.99. The number of fused-ring (bicyclic) bond motifs is 1. The molecular weight excluding hydrogens is 361 g/mol. The van der Waals surface area contributed by atoms with Crippen molar-refractivity contribution in [3.8, 4) is 17.3 Å². The molecule has 28 heavy (non-hydrogen) atoms. The molecule has 1 N–H and O–H groups in total. The molecule has 0 saturated carbocycles. The molecule has 0 unspecified atom stereocenters. The quantitative estimate of drug-likeness (QED) is 0.746. The third kappa shape index (κ3) is 3.63. The van der Waals surface area contributed by atoms with Crippen molar-refractivity contribution in [2.45, 2.75) is 26.4 Å². The third-order valence-corrected chi connectivity index (χ3v) is 4.83. The molecule has 1 aliphatic rings. The molecule has 7 nitrogen and oxygen atoms in total. The van der Waals surface area contributed by atoms with Gasteiger partial charge in [-0.2, -0.15) is 0 Å². The van der Waals surface area contributed by atoms with E-state index in [4.69, 9.17) is 4.74 Å². The number of H-pyrrole nitrogens is 1. The van der Waals surface area contributed by atoms with Crippen LogP contribution in [0.15, 0.2) is 35.4 Å². The average Bonchev–Trinajstić information content (AvgIpc) is 2.69. The number of ether oxygens (including phenoxy) is 1. The Labute approximate surface area is 161 Å². The lowest BCUT2D eigenvalue weighted by molar-refractivity contribution is 0.237. The first-order valence-electron chi connectivity index (χ1n) is 8.99. The standard InChI is InChI=1S/C20H20FN5O2/c1-12-8-23-17(9-22-12)19-24-18-11-26(6-5-15(18)20(27)25-19)10-13-3-4-14(28-2)7-16(13)21/h3-4,7-9H,5-6,10-11H2,1-2H3,(H,24,25,27). The van der Waals surface area contributed by atoms with Crippen molar-refractivity contribution in [1.29, 1.82) is 0 Å². The Kier molecular flexibility index (Phi) is 4.87. The zero-order valence-electron chi connectivity index (χ0n) is 15.7. The monoisotopic (exact) mass is 381 g/mol. The second-order valence-electron chi connectivity index (χ2n) is 6.80. The first kappa shape index (κ1) is 18.2. The normalized spacial score (nSPS) is 14.0. The molecule has 0 saturated heterocycles. The van der Waals surface area contributed by atoms with Gasteiger partial charge in [0.25, 0.3) is 5.56 Å². The molecule has 0 spiro atoms. The molecule has 0 amide bonds. The number of halogens is 1. The van der Waals surface area contributed by atoms with Crippen molar-refractivity contribution < 1.29 is 9.13 Å². The molecule has 3 aromatic rings. The van der Waals surface area contributed by atoms with Gasteiger partial charge in [-0.1, -0.05) is 6.07 Å². The minimum Gasteiger partial charge on any atom is -0.497 e. The molecule has 1 aliphatic heterocycles. The van der Waals surface area contributed by atoms with Crippen LogP contribution < -0.4 is 10.3 Å². The first-order chi connectivity index (χ1) is 13.5. The molecule has 0 atom stereocenters. The van der Waals surface area contributed by atoms with Crippen LogP contribution in [0.3, 0.4) is 0 Å². The van der Waals surface area contributed by atoms with Crippen LogP contribution in [-0.2, 0) is 19.5 Å². The topological polar surface area (TPSA) is 84.0 Å². The number of rotatable bonds is 4. The smallest absolute Gasteiger partial charge is 0.254 e. The Morgan fingerprint density at radius 3 is 2.86 bits per heavy atom. The van der Waals surface area contributed by atoms with Gasteiger partial charge in [0.1, 0.15) is 17.3 Å². The van der Waals surface area contributed by atoms with Gasteiger partial charge in [-0.25, -0.2) is 14.4 Å². The van der Waals surface area contributed by atoms with Crippen molar-refractivity contribution in [3.63, 3.8) is 0 Å². The van der Waals surface area contributed by atoms with Gasteiger partial charge in [-0.15, -0.1) is 0 Å². The summed E-state index contributed by atoms with van der Waals surface area (Å²) in [6, 6.07) is 4.85. The maximum atomic E-state index is 14.3. The van der Waals surface area contributed by atoms with Gasteiger partial charge in [0, 0.05) is 43.0 Å². The fourth-order valence-corrected chi connectivity index (χ4v) is 3.29. The number of hydrogen-bond donors (Lipinski definition) is 1. The minimum atomic E-state index is -0.306. The van der Waals surface area contributed by atoms with Gasteiger partial charge >= 0.3 is 0 Å². The number of aryl methyl sites for hydroxylation is 1. The van der Waals surface area contributed by atoms with E-state index in [1.807, 2.05) is 6.92 Å². The van der Waals surface area contributed by atoms with E-state index in [1.54, 1.807) is 24.5 Å². The van der Waals surface area contributed by atoms with E-state index in [2.05, 4.69) is 24.8 Å². The summed E-state index contributed by atoms with van der Waals surface area (Å²) >= 11 is 0. The highest BCUT2D eigenvalue weighted by atomic mass is 19.1. The van der Waals surface area contributed by atoms with Crippen LogP contribution in [0.5, 0.6) is 5.75 Å². The predicted octanol–water partition coefficient (Wildman–Crippen LogP) is 2.24. The van der Waals surface area contributed by atoms with E-state index in [0.717, 1.165) is 5.69 Å². The maximum Gasteiger partial charge on any atom is 0.254 e. The van der Waals surface area contributed by atoms with E-state index in [9.17, 15) is 9.18 Å². The Morgan fingerprint density at radius 1 is 1.29 bits per heavy atom. The number of hydrogen-bond acceptors (Lipinski definition) is 6. The Bertz CT molecular complexity index is 1070. The van der Waals surface area contributed by atoms with Gasteiger partial charge in [0.2, 0.25) is 0 Å². The number of nitrogens with one attached hydrogen (secondary N) is 1. The molecule has 0 fully saturated rings. The zero-order chi connectivity index (χ0) is 19.7. The van der Waals surface area contributed by atoms with E-state index < -0.39 is 0 Å². The van der Waals surface area contributed by atoms with Crippen LogP contribution in [0, 0.1) is 12.7 Å². The molecule has 144 valence electrons. The highest BCUT2D eigenvalue weighted by Crippen LogP contribution is 2.22. The zero-order valence-corrected chi connectivity index (χ0v) is 15.7. The van der Waals surface area contributed by atoms with Crippen molar-refractivity contribution in [1.82, 2.24) is 24.8 Å². The summed E-state index contributed by atoms with van der Waals surface area (Å²) in [5, 5.41) is 0. The van der Waals surface area contributed by atoms with Gasteiger partial charge in [-0.05, 0) is 19.4 Å². The van der Waals surface area contributed by atoms with Crippen LogP contribution in [0.4, 0.5) is 4.39 Å². The lowest BCUT2D eigenvalue weighted by Crippen LogP contribution is -2.35. The summed E-state index contributed by atoms with van der Waals surface area (Å²) in [7, 11) is 1.51. The minimum absolute atomic E-state index is 0.155. The van der Waals surface area contributed by atoms with Crippen molar-refractivity contribution >= 4 is 0 Å². The van der Waals surface area contributed by atoms with Crippen molar-refractivity contribution in [3.05, 3.63) is 69.3 Å². The summed E-state index contributed by atoms with van der Waals surface area (Å²) < 4.78 is 19.3. The van der Waals surface area contributed by atoms with Gasteiger partial charge in [-0.3, -0.25) is 14.7 Å². The SMILES string of the molecule is COc1ccc(CN2CCc3c(nc(-c4cnc(C)cn4)[nH]c3=O)C2)c(F)c1. The molecule has 0 radical (unpaired) electrons. The van der Waals surface area contributed by atoms with Crippen LogP contribution in [0.25, 0.3) is 11.5 Å². The lowest BCUT2D eigenvalue weighted by atomic mass is 10.1. The van der Waals surface area contributed by atoms with Gasteiger partial charge in [0.05, 0.1) is 24.7 Å². The lowest BCUT2D eigenvalue weighted by Gasteiger charge is -2.27. The molecular formula is C20H20FN5O2. The second kappa shape index (κ2) is 7.47. The highest BCUT2D eigenvalue weighted by molar-refractivity contribution is 5.48. The van der Waals surface area contributed by atoms with Crippen LogP contribution in [0.2, 0.25) is 0 Å². The maximum absolute atomic E-state index is 14.3. The van der Waals surface area contributed by atoms with Crippen molar-refractivity contribution in [2.75, 3.05) is 13.7 Å². The number of nitrogens with zero attached hydrogens (tertiary/aromatic N) is 4. The molecule has 3 heterocycles. The summed E-state index contributed by atoms with van der Waals surface area (Å²) in [6.07, 6.45) is 3.79. The van der Waals surface area contributed by atoms with E-state index in [-0.39, 0.29) is 11.4 Å². The summed E-state index contributed by atoms with van der Waals surface area (Å²) in [4.78, 5) is 30.4. The van der Waals surface area contributed by atoms with E-state index in [1.165, 1.54) is 13.2 Å². The Morgan fingerprint density at radius 2 is 2.14 bits per heavy atom. The van der Waals surface area contributed by atoms with E-state index >= 15 is 0 Å². The Balaban J connectivity index is 1.59. The summed E-state index contributed by atoms with van der Waals surface area (Å²) in [5.74, 6) is 0.579. The highest BCUT2D eigenvalue weighted by Gasteiger charge is 2.22. The second-order valence-corrected chi connectivity index (χ2v) is 6.80. The predicted molar refractivity (Wildman–Crippen MR) is 101 cm³/mol. The number of benzene rings is 1. The number of aromatic nitrogens is 4. The van der Waals surface area contributed by atoms with Crippen molar-refractivity contribution in [2.24, 2.45) is 0 Å². The summed E-state index contributed by atoms with van der Waals surface area (Å²) in [5.41, 5.74) is 3.11. The van der Waals surface area contributed by atoms with Crippen LogP contribution in [-0.4, -0.2) is 38.5 Å². The molecule has 2 aromatic heterocycles. The molecule has 1 aromatic carbocycles. The van der Waals surface area contributed by atoms with Crippen LogP contribution in [0.1, 0.15) is 22.5 Å². The molecule has 4 rings (SSSR count). The fraction of sp³-hybridized carbons (Fsp3) is 0.300. The molecule has 8 heteroatoms. The average molecular weight is 381 g/mol. The number of methoxy groups -OCH3 is 1. The molecule has 0 bridgehead atoms. The van der Waals surface area contributed by atoms with Gasteiger partial charge in [0.15, 0.2) is 5.82 Å². The number of aromatic amines is 1.